The molecule has 0 aliphatic heterocycles. The highest BCUT2D eigenvalue weighted by Gasteiger charge is 2.02. The molecule has 2 rings (SSSR count). The standard InChI is InChI=1S/C10H8BrClN2/c11-6-9-5-10(14-13-9)7-2-1-3-8(12)4-7/h1-5H,6H2,(H,13,14). The van der Waals surface area contributed by atoms with Crippen molar-refractivity contribution in [3.63, 3.8) is 0 Å². The second-order valence-electron chi connectivity index (χ2n) is 2.92. The molecule has 0 aliphatic rings. The van der Waals surface area contributed by atoms with Crippen LogP contribution >= 0.6 is 27.5 Å². The van der Waals surface area contributed by atoms with Crippen LogP contribution in [0.3, 0.4) is 0 Å². The quantitative estimate of drug-likeness (QED) is 0.830. The molecular formula is C10H8BrClN2. The SMILES string of the molecule is Clc1cccc(-c2cc(CBr)[nH]n2)c1. The first-order chi connectivity index (χ1) is 6.79. The number of hydrogen-bond donors (Lipinski definition) is 1. The number of hydrogen-bond acceptors (Lipinski definition) is 1. The maximum Gasteiger partial charge on any atom is 0.0924 e. The molecule has 0 saturated heterocycles. The molecule has 0 radical (unpaired) electrons. The minimum atomic E-state index is 0.728. The van der Waals surface area contributed by atoms with Crippen LogP contribution in [0.1, 0.15) is 5.69 Å². The Morgan fingerprint density at radius 3 is 2.86 bits per heavy atom. The van der Waals surface area contributed by atoms with Crippen molar-refractivity contribution < 1.29 is 0 Å². The molecule has 72 valence electrons. The van der Waals surface area contributed by atoms with E-state index in [1.807, 2.05) is 30.3 Å². The van der Waals surface area contributed by atoms with Crippen LogP contribution in [0.5, 0.6) is 0 Å². The molecule has 1 N–H and O–H groups in total. The van der Waals surface area contributed by atoms with Crippen LogP contribution in [0.15, 0.2) is 30.3 Å². The molecule has 1 heterocycles. The summed E-state index contributed by atoms with van der Waals surface area (Å²) in [6.45, 7) is 0. The number of aromatic amines is 1. The maximum absolute atomic E-state index is 5.89. The average Bonchev–Trinajstić information content (AvgIpc) is 2.66. The van der Waals surface area contributed by atoms with Gasteiger partial charge in [-0.05, 0) is 18.2 Å². The molecule has 14 heavy (non-hydrogen) atoms. The van der Waals surface area contributed by atoms with Gasteiger partial charge in [0.15, 0.2) is 0 Å². The van der Waals surface area contributed by atoms with Crippen molar-refractivity contribution in [2.24, 2.45) is 0 Å². The second-order valence-corrected chi connectivity index (χ2v) is 3.92. The van der Waals surface area contributed by atoms with Gasteiger partial charge in [-0.2, -0.15) is 5.10 Å². The average molecular weight is 272 g/mol. The van der Waals surface area contributed by atoms with Crippen molar-refractivity contribution in [1.29, 1.82) is 0 Å². The van der Waals surface area contributed by atoms with Gasteiger partial charge in [0.05, 0.1) is 5.69 Å². The minimum absolute atomic E-state index is 0.728. The summed E-state index contributed by atoms with van der Waals surface area (Å²) in [6, 6.07) is 9.65. The van der Waals surface area contributed by atoms with E-state index in [1.54, 1.807) is 0 Å². The predicted molar refractivity (Wildman–Crippen MR) is 61.7 cm³/mol. The number of H-pyrrole nitrogens is 1. The van der Waals surface area contributed by atoms with Crippen molar-refractivity contribution in [3.05, 3.63) is 41.0 Å². The summed E-state index contributed by atoms with van der Waals surface area (Å²) < 4.78 is 0. The normalized spacial score (nSPS) is 10.4. The molecule has 0 fully saturated rings. The van der Waals surface area contributed by atoms with Crippen molar-refractivity contribution in [3.8, 4) is 11.3 Å². The topological polar surface area (TPSA) is 28.7 Å². The van der Waals surface area contributed by atoms with Crippen LogP contribution in [0.25, 0.3) is 11.3 Å². The number of halogens is 2. The Morgan fingerprint density at radius 1 is 1.36 bits per heavy atom. The smallest absolute Gasteiger partial charge is 0.0924 e. The zero-order chi connectivity index (χ0) is 9.97. The first-order valence-corrected chi connectivity index (χ1v) is 5.66. The minimum Gasteiger partial charge on any atom is -0.281 e. The number of aromatic nitrogens is 2. The monoisotopic (exact) mass is 270 g/mol. The predicted octanol–water partition coefficient (Wildman–Crippen LogP) is 3.63. The molecule has 4 heteroatoms. The van der Waals surface area contributed by atoms with E-state index in [0.717, 1.165) is 27.3 Å². The fourth-order valence-electron chi connectivity index (χ4n) is 1.23. The highest BCUT2D eigenvalue weighted by atomic mass is 79.9. The summed E-state index contributed by atoms with van der Waals surface area (Å²) in [5.74, 6) is 0. The molecule has 0 unspecified atom stereocenters. The molecule has 1 aromatic heterocycles. The van der Waals surface area contributed by atoms with Gasteiger partial charge in [0.25, 0.3) is 0 Å². The third-order valence-corrected chi connectivity index (χ3v) is 2.73. The van der Waals surface area contributed by atoms with Gasteiger partial charge >= 0.3 is 0 Å². The Morgan fingerprint density at radius 2 is 2.21 bits per heavy atom. The summed E-state index contributed by atoms with van der Waals surface area (Å²) in [4.78, 5) is 0. The van der Waals surface area contributed by atoms with Crippen LogP contribution in [-0.4, -0.2) is 10.2 Å². The van der Waals surface area contributed by atoms with Crippen LogP contribution in [0, 0.1) is 0 Å². The zero-order valence-electron chi connectivity index (χ0n) is 7.30. The highest BCUT2D eigenvalue weighted by Crippen LogP contribution is 2.21. The van der Waals surface area contributed by atoms with Crippen molar-refractivity contribution >= 4 is 27.5 Å². The van der Waals surface area contributed by atoms with E-state index in [2.05, 4.69) is 26.1 Å². The van der Waals surface area contributed by atoms with Crippen LogP contribution in [0.4, 0.5) is 0 Å². The molecule has 0 spiro atoms. The van der Waals surface area contributed by atoms with Gasteiger partial charge in [-0.25, -0.2) is 0 Å². The zero-order valence-corrected chi connectivity index (χ0v) is 9.64. The second kappa shape index (κ2) is 4.15. The van der Waals surface area contributed by atoms with Gasteiger partial charge in [-0.1, -0.05) is 39.7 Å². The molecule has 1 aromatic carbocycles. The van der Waals surface area contributed by atoms with Gasteiger partial charge < -0.3 is 0 Å². The number of rotatable bonds is 2. The Kier molecular flexibility index (Phi) is 2.89. The van der Waals surface area contributed by atoms with Crippen LogP contribution in [0.2, 0.25) is 5.02 Å². The molecule has 0 bridgehead atoms. The van der Waals surface area contributed by atoms with Crippen LogP contribution < -0.4 is 0 Å². The van der Waals surface area contributed by atoms with Gasteiger partial charge in [0, 0.05) is 21.6 Å². The van der Waals surface area contributed by atoms with E-state index < -0.39 is 0 Å². The molecular weight excluding hydrogens is 263 g/mol. The lowest BCUT2D eigenvalue weighted by Crippen LogP contribution is -1.76. The Labute approximate surface area is 95.4 Å². The van der Waals surface area contributed by atoms with E-state index >= 15 is 0 Å². The van der Waals surface area contributed by atoms with Gasteiger partial charge in [0.1, 0.15) is 0 Å². The first kappa shape index (κ1) is 9.74. The maximum atomic E-state index is 5.89. The Bertz CT molecular complexity index is 439. The van der Waals surface area contributed by atoms with E-state index in [9.17, 15) is 0 Å². The molecule has 2 nitrogen and oxygen atoms in total. The fraction of sp³-hybridized carbons (Fsp3) is 0.100. The third kappa shape index (κ3) is 1.99. The Balaban J connectivity index is 2.39. The molecule has 0 atom stereocenters. The van der Waals surface area contributed by atoms with E-state index in [1.165, 1.54) is 0 Å². The highest BCUT2D eigenvalue weighted by molar-refractivity contribution is 9.08. The lowest BCUT2D eigenvalue weighted by atomic mass is 10.1. The fourth-order valence-corrected chi connectivity index (χ4v) is 1.70. The van der Waals surface area contributed by atoms with Crippen LogP contribution in [-0.2, 0) is 5.33 Å². The van der Waals surface area contributed by atoms with Gasteiger partial charge in [-0.3, -0.25) is 5.10 Å². The number of nitrogens with one attached hydrogen (secondary N) is 1. The summed E-state index contributed by atoms with van der Waals surface area (Å²) >= 11 is 9.25. The van der Waals surface area contributed by atoms with E-state index in [0.29, 0.717) is 0 Å². The number of benzene rings is 1. The third-order valence-electron chi connectivity index (χ3n) is 1.90. The summed E-state index contributed by atoms with van der Waals surface area (Å²) in [5.41, 5.74) is 3.00. The van der Waals surface area contributed by atoms with E-state index in [4.69, 9.17) is 11.6 Å². The van der Waals surface area contributed by atoms with Crippen molar-refractivity contribution in [1.82, 2.24) is 10.2 Å². The molecule has 0 aliphatic carbocycles. The number of alkyl halides is 1. The lowest BCUT2D eigenvalue weighted by Gasteiger charge is -1.95. The first-order valence-electron chi connectivity index (χ1n) is 4.16. The van der Waals surface area contributed by atoms with E-state index in [-0.39, 0.29) is 0 Å². The molecule has 0 amide bonds. The lowest BCUT2D eigenvalue weighted by molar-refractivity contribution is 1.04. The van der Waals surface area contributed by atoms with Gasteiger partial charge in [0.2, 0.25) is 0 Å². The summed E-state index contributed by atoms with van der Waals surface area (Å²) in [5, 5.41) is 8.62. The Hall–Kier alpha value is -0.800. The summed E-state index contributed by atoms with van der Waals surface area (Å²) in [7, 11) is 0. The summed E-state index contributed by atoms with van der Waals surface area (Å²) in [6.07, 6.45) is 0. The van der Waals surface area contributed by atoms with Crippen molar-refractivity contribution in [2.75, 3.05) is 0 Å². The molecule has 2 aromatic rings. The van der Waals surface area contributed by atoms with Gasteiger partial charge in [-0.15, -0.1) is 0 Å². The largest absolute Gasteiger partial charge is 0.281 e. The molecule has 0 saturated carbocycles. The van der Waals surface area contributed by atoms with Crippen molar-refractivity contribution in [2.45, 2.75) is 5.33 Å². The number of nitrogens with zero attached hydrogens (tertiary/aromatic N) is 1.